The quantitative estimate of drug-likeness (QED) is 0.483. The Bertz CT molecular complexity index is 1500. The summed E-state index contributed by atoms with van der Waals surface area (Å²) in [7, 11) is 1.65. The maximum Gasteiger partial charge on any atom is 0.329 e. The number of piperazine rings is 1. The number of aryl methyl sites for hydroxylation is 4. The third kappa shape index (κ3) is 4.41. The van der Waals surface area contributed by atoms with E-state index in [0.717, 1.165) is 49.8 Å². The third-order valence-electron chi connectivity index (χ3n) is 7.13. The minimum Gasteiger partial charge on any atom is -0.340 e. The van der Waals surface area contributed by atoms with E-state index >= 15 is 0 Å². The Morgan fingerprint density at radius 3 is 2.34 bits per heavy atom. The van der Waals surface area contributed by atoms with Crippen molar-refractivity contribution in [2.45, 2.75) is 33.9 Å². The molecule has 1 aliphatic heterocycles. The molecule has 4 aromatic rings. The van der Waals surface area contributed by atoms with E-state index in [1.165, 1.54) is 21.3 Å². The maximum atomic E-state index is 12.9. The zero-order valence-corrected chi connectivity index (χ0v) is 20.8. The normalized spacial score (nSPS) is 14.7. The molecule has 1 fully saturated rings. The zero-order chi connectivity index (χ0) is 24.7. The van der Waals surface area contributed by atoms with Crippen LogP contribution in [-0.4, -0.2) is 50.2 Å². The molecule has 35 heavy (non-hydrogen) atoms. The number of nitrogens with zero attached hydrogens (tertiary/aromatic N) is 5. The van der Waals surface area contributed by atoms with E-state index in [4.69, 9.17) is 4.98 Å². The van der Waals surface area contributed by atoms with Crippen molar-refractivity contribution < 1.29 is 0 Å². The van der Waals surface area contributed by atoms with Crippen LogP contribution in [0.4, 0.5) is 5.95 Å². The number of nitrogens with one attached hydrogen (secondary N) is 1. The fourth-order valence-electron chi connectivity index (χ4n) is 4.89. The Hall–Kier alpha value is -3.65. The first kappa shape index (κ1) is 23.1. The predicted molar refractivity (Wildman–Crippen MR) is 139 cm³/mol. The van der Waals surface area contributed by atoms with E-state index in [2.05, 4.69) is 65.9 Å². The van der Waals surface area contributed by atoms with Crippen LogP contribution in [0.1, 0.15) is 27.8 Å². The van der Waals surface area contributed by atoms with Gasteiger partial charge in [-0.2, -0.15) is 4.98 Å². The molecule has 1 aliphatic rings. The van der Waals surface area contributed by atoms with Crippen molar-refractivity contribution >= 4 is 17.1 Å². The van der Waals surface area contributed by atoms with Gasteiger partial charge in [0, 0.05) is 39.8 Å². The van der Waals surface area contributed by atoms with Gasteiger partial charge in [0.25, 0.3) is 5.56 Å². The molecule has 0 radical (unpaired) electrons. The van der Waals surface area contributed by atoms with Gasteiger partial charge in [-0.05, 0) is 43.0 Å². The van der Waals surface area contributed by atoms with Crippen molar-refractivity contribution in [3.05, 3.63) is 91.1 Å². The van der Waals surface area contributed by atoms with Crippen LogP contribution < -0.4 is 16.1 Å². The molecule has 8 heteroatoms. The Balaban J connectivity index is 1.47. The molecule has 5 rings (SSSR count). The number of aromatic amines is 1. The van der Waals surface area contributed by atoms with Crippen molar-refractivity contribution in [2.24, 2.45) is 7.05 Å². The summed E-state index contributed by atoms with van der Waals surface area (Å²) in [6.45, 7) is 11.2. The lowest BCUT2D eigenvalue weighted by Gasteiger charge is -2.35. The molecule has 0 bridgehead atoms. The summed E-state index contributed by atoms with van der Waals surface area (Å²) in [4.78, 5) is 37.2. The topological polar surface area (TPSA) is 79.2 Å². The Labute approximate surface area is 204 Å². The highest BCUT2D eigenvalue weighted by atomic mass is 16.2. The predicted octanol–water partition coefficient (Wildman–Crippen LogP) is 2.72. The van der Waals surface area contributed by atoms with Gasteiger partial charge >= 0.3 is 5.69 Å². The zero-order valence-electron chi connectivity index (χ0n) is 20.8. The van der Waals surface area contributed by atoms with Crippen LogP contribution in [0.25, 0.3) is 11.2 Å². The summed E-state index contributed by atoms with van der Waals surface area (Å²) < 4.78 is 3.39. The smallest absolute Gasteiger partial charge is 0.329 e. The molecule has 0 saturated carbocycles. The van der Waals surface area contributed by atoms with E-state index in [1.54, 1.807) is 7.05 Å². The van der Waals surface area contributed by atoms with Crippen molar-refractivity contribution in [3.8, 4) is 0 Å². The molecule has 0 atom stereocenters. The molecule has 0 aliphatic carbocycles. The molecule has 2 aromatic carbocycles. The van der Waals surface area contributed by atoms with Crippen LogP contribution in [0, 0.1) is 20.8 Å². The highest BCUT2D eigenvalue weighted by molar-refractivity contribution is 5.74. The van der Waals surface area contributed by atoms with Crippen molar-refractivity contribution in [2.75, 3.05) is 31.1 Å². The molecule has 1 N–H and O–H groups in total. The molecule has 0 amide bonds. The molecular weight excluding hydrogens is 440 g/mol. The average Bonchev–Trinajstić information content (AvgIpc) is 3.22. The summed E-state index contributed by atoms with van der Waals surface area (Å²) >= 11 is 0. The lowest BCUT2D eigenvalue weighted by Crippen LogP contribution is -2.47. The van der Waals surface area contributed by atoms with Gasteiger partial charge in [0.05, 0.1) is 6.54 Å². The van der Waals surface area contributed by atoms with E-state index < -0.39 is 11.2 Å². The largest absolute Gasteiger partial charge is 0.340 e. The first-order valence-electron chi connectivity index (χ1n) is 12.1. The number of fused-ring (bicyclic) bond motifs is 1. The number of H-pyrrole nitrogens is 1. The summed E-state index contributed by atoms with van der Waals surface area (Å²) in [6.07, 6.45) is 0. The second-order valence-electron chi connectivity index (χ2n) is 9.61. The van der Waals surface area contributed by atoms with E-state index in [-0.39, 0.29) is 0 Å². The number of hydrogen-bond acceptors (Lipinski definition) is 5. The number of rotatable bonds is 5. The summed E-state index contributed by atoms with van der Waals surface area (Å²) in [5.74, 6) is 0.737. The Morgan fingerprint density at radius 1 is 0.886 bits per heavy atom. The lowest BCUT2D eigenvalue weighted by atomic mass is 10.0. The average molecular weight is 473 g/mol. The SMILES string of the molecule is Cc1ccc(C)c(CN2CCN(c3nc4c(c(=O)[nH]c(=O)n4C)n3Cc3ccccc3C)CC2)c1. The third-order valence-corrected chi connectivity index (χ3v) is 7.13. The Kier molecular flexibility index (Phi) is 6.06. The Morgan fingerprint density at radius 2 is 1.60 bits per heavy atom. The van der Waals surface area contributed by atoms with Crippen molar-refractivity contribution in [3.63, 3.8) is 0 Å². The van der Waals surface area contributed by atoms with Gasteiger partial charge in [-0.15, -0.1) is 0 Å². The van der Waals surface area contributed by atoms with Crippen LogP contribution in [-0.2, 0) is 20.1 Å². The number of anilines is 1. The molecule has 182 valence electrons. The number of hydrogen-bond donors (Lipinski definition) is 1. The first-order chi connectivity index (χ1) is 16.8. The summed E-state index contributed by atoms with van der Waals surface area (Å²) in [5.41, 5.74) is 6.24. The number of aromatic nitrogens is 4. The molecule has 8 nitrogen and oxygen atoms in total. The standard InChI is InChI=1S/C27H32N6O2/c1-18-9-10-20(3)22(15-18)16-31-11-13-32(14-12-31)26-28-24-23(25(34)29-27(35)30(24)4)33(26)17-21-8-6-5-7-19(21)2/h5-10,15H,11-14,16-17H2,1-4H3,(H,29,34,35). The van der Waals surface area contributed by atoms with Crippen molar-refractivity contribution in [1.29, 1.82) is 0 Å². The van der Waals surface area contributed by atoms with Gasteiger partial charge < -0.3 is 4.90 Å². The van der Waals surface area contributed by atoms with Gasteiger partial charge in [0.2, 0.25) is 5.95 Å². The van der Waals surface area contributed by atoms with Gasteiger partial charge in [-0.25, -0.2) is 4.79 Å². The number of benzene rings is 2. The van der Waals surface area contributed by atoms with Crippen LogP contribution in [0.15, 0.2) is 52.1 Å². The molecular formula is C27H32N6O2. The van der Waals surface area contributed by atoms with Gasteiger partial charge in [-0.3, -0.25) is 23.8 Å². The summed E-state index contributed by atoms with van der Waals surface area (Å²) in [6, 6.07) is 14.8. The summed E-state index contributed by atoms with van der Waals surface area (Å²) in [5, 5.41) is 0. The van der Waals surface area contributed by atoms with Crippen LogP contribution in [0.2, 0.25) is 0 Å². The molecule has 0 spiro atoms. The van der Waals surface area contributed by atoms with Crippen LogP contribution in [0.3, 0.4) is 0 Å². The highest BCUT2D eigenvalue weighted by Gasteiger charge is 2.25. The molecule has 2 aromatic heterocycles. The van der Waals surface area contributed by atoms with Crippen molar-refractivity contribution in [1.82, 2.24) is 24.0 Å². The second kappa shape index (κ2) is 9.19. The monoisotopic (exact) mass is 472 g/mol. The second-order valence-corrected chi connectivity index (χ2v) is 9.61. The minimum atomic E-state index is -0.451. The van der Waals surface area contributed by atoms with Crippen LogP contribution >= 0.6 is 0 Å². The maximum absolute atomic E-state index is 12.9. The fourth-order valence-corrected chi connectivity index (χ4v) is 4.89. The minimum absolute atomic E-state index is 0.399. The first-order valence-corrected chi connectivity index (χ1v) is 12.1. The van der Waals surface area contributed by atoms with E-state index in [1.807, 2.05) is 16.7 Å². The van der Waals surface area contributed by atoms with E-state index in [9.17, 15) is 9.59 Å². The lowest BCUT2D eigenvalue weighted by molar-refractivity contribution is 0.248. The van der Waals surface area contributed by atoms with Crippen LogP contribution in [0.5, 0.6) is 0 Å². The van der Waals surface area contributed by atoms with Gasteiger partial charge in [0.15, 0.2) is 11.2 Å². The van der Waals surface area contributed by atoms with E-state index in [0.29, 0.717) is 17.7 Å². The molecule has 3 heterocycles. The van der Waals surface area contributed by atoms with Gasteiger partial charge in [-0.1, -0.05) is 48.0 Å². The molecule has 0 unspecified atom stereocenters. The highest BCUT2D eigenvalue weighted by Crippen LogP contribution is 2.24. The van der Waals surface area contributed by atoms with Gasteiger partial charge in [0.1, 0.15) is 0 Å². The fraction of sp³-hybridized carbons (Fsp3) is 0.370. The number of imidazole rings is 1. The molecule has 1 saturated heterocycles.